The largest absolute Gasteiger partial charge is 0.465 e. The van der Waals surface area contributed by atoms with Crippen molar-refractivity contribution < 1.29 is 42.1 Å². The van der Waals surface area contributed by atoms with E-state index in [-0.39, 0.29) is 61.9 Å². The molecule has 4 N–H and O–H groups in total. The zero-order valence-electron chi connectivity index (χ0n) is 19.4. The molecule has 9 nitrogen and oxygen atoms in total. The van der Waals surface area contributed by atoms with Crippen molar-refractivity contribution in [2.75, 3.05) is 19.6 Å². The summed E-state index contributed by atoms with van der Waals surface area (Å²) in [6.45, 7) is 2.21. The molecule has 1 fully saturated rings. The van der Waals surface area contributed by atoms with Crippen molar-refractivity contribution in [2.24, 2.45) is 0 Å². The van der Waals surface area contributed by atoms with Gasteiger partial charge in [0.15, 0.2) is 5.69 Å². The van der Waals surface area contributed by atoms with Crippen LogP contribution in [0.2, 0.25) is 0 Å². The number of piperidine rings is 1. The van der Waals surface area contributed by atoms with Crippen LogP contribution in [0.15, 0.2) is 0 Å². The van der Waals surface area contributed by atoms with Crippen LogP contribution in [0.5, 0.6) is 0 Å². The summed E-state index contributed by atoms with van der Waals surface area (Å²) in [4.78, 5) is 21.7. The number of fused-ring (bicyclic) bond motifs is 1. The van der Waals surface area contributed by atoms with Crippen molar-refractivity contribution in [3.8, 4) is 0 Å². The fourth-order valence-corrected chi connectivity index (χ4v) is 4.45. The molecular weight excluding hydrogens is 481 g/mol. The number of alkyl halides is 5. The predicted octanol–water partition coefficient (Wildman–Crippen LogP) is 2.37. The highest BCUT2D eigenvalue weighted by Gasteiger charge is 2.42. The number of carbonyl (C=O) groups is 1. The van der Waals surface area contributed by atoms with Crippen LogP contribution in [0.25, 0.3) is 0 Å². The number of carboxylic acid groups (broad SMARTS) is 1. The number of hydrogen-bond acceptors (Lipinski definition) is 7. The minimum atomic E-state index is -4.66. The topological polar surface area (TPSA) is 122 Å². The maximum Gasteiger partial charge on any atom is 0.433 e. The van der Waals surface area contributed by atoms with E-state index < -0.39 is 55.3 Å². The summed E-state index contributed by atoms with van der Waals surface area (Å²) in [5.74, 6) is -3.37. The highest BCUT2D eigenvalue weighted by Crippen LogP contribution is 2.35. The lowest BCUT2D eigenvalue weighted by Gasteiger charge is -2.39. The highest BCUT2D eigenvalue weighted by molar-refractivity contribution is 5.64. The van der Waals surface area contributed by atoms with Crippen LogP contribution in [0.1, 0.15) is 61.8 Å². The molecule has 2 aliphatic rings. The fraction of sp³-hybridized carbons (Fsp3) is 0.762. The number of likely N-dealkylation sites (tertiary alicyclic amines) is 1. The number of nitrogens with zero attached hydrogens (tertiary/aromatic N) is 4. The molecule has 0 bridgehead atoms. The minimum absolute atomic E-state index is 0.0258. The van der Waals surface area contributed by atoms with Crippen LogP contribution in [-0.2, 0) is 19.1 Å². The Balaban J connectivity index is 1.76. The Morgan fingerprint density at radius 1 is 1.29 bits per heavy atom. The number of aromatic nitrogens is 2. The first kappa shape index (κ1) is 27.4. The van der Waals surface area contributed by atoms with E-state index in [2.05, 4.69) is 15.3 Å². The molecule has 3 rings (SSSR count). The molecule has 0 radical (unpaired) electrons. The molecule has 1 aromatic heterocycles. The minimum Gasteiger partial charge on any atom is -0.465 e. The van der Waals surface area contributed by atoms with Crippen molar-refractivity contribution >= 4 is 6.09 Å². The molecular formula is C21H30F5N5O4. The smallest absolute Gasteiger partial charge is 0.433 e. The average Bonchev–Trinajstić information content (AvgIpc) is 2.73. The standard InChI is InChI=1S/C21H30F5N5O4/c1-11(2)18-28-14-9-30(6-4-13(14)17(29-18)21(24,25)26)16(33)7-12(27-19(34)35)8-31-10-20(22,23)5-3-15(31)32/h11-12,15-16,27,32-33H,3-10H2,1-2H3,(H,34,35)/t12-,15?,16?/m0/s1. The molecule has 14 heteroatoms. The second-order valence-electron chi connectivity index (χ2n) is 9.40. The van der Waals surface area contributed by atoms with E-state index in [4.69, 9.17) is 5.11 Å². The zero-order chi connectivity index (χ0) is 26.1. The SMILES string of the molecule is CC(C)c1nc2c(c(C(F)(F)F)n1)CCN(C(O)C[C@@H](CN1CC(F)(F)CCC1O)NC(=O)O)C2. The van der Waals surface area contributed by atoms with Gasteiger partial charge in [-0.3, -0.25) is 9.80 Å². The second kappa shape index (κ2) is 10.4. The van der Waals surface area contributed by atoms with Gasteiger partial charge in [-0.2, -0.15) is 13.2 Å². The van der Waals surface area contributed by atoms with E-state index in [1.807, 2.05) is 0 Å². The maximum absolute atomic E-state index is 13.8. The summed E-state index contributed by atoms with van der Waals surface area (Å²) < 4.78 is 68.3. The molecule has 3 atom stereocenters. The Morgan fingerprint density at radius 2 is 1.97 bits per heavy atom. The molecule has 1 aromatic rings. The number of aliphatic hydroxyl groups is 2. The third-order valence-corrected chi connectivity index (χ3v) is 6.22. The first-order valence-corrected chi connectivity index (χ1v) is 11.3. The van der Waals surface area contributed by atoms with Crippen LogP contribution < -0.4 is 5.32 Å². The summed E-state index contributed by atoms with van der Waals surface area (Å²) in [5, 5.41) is 32.2. The van der Waals surface area contributed by atoms with Gasteiger partial charge in [0, 0.05) is 50.0 Å². The van der Waals surface area contributed by atoms with E-state index in [1.165, 1.54) is 4.90 Å². The van der Waals surface area contributed by atoms with Gasteiger partial charge in [-0.15, -0.1) is 0 Å². The second-order valence-corrected chi connectivity index (χ2v) is 9.40. The Bertz CT molecular complexity index is 917. The van der Waals surface area contributed by atoms with Gasteiger partial charge in [0.05, 0.1) is 12.2 Å². The van der Waals surface area contributed by atoms with Gasteiger partial charge in [-0.05, 0) is 12.8 Å². The van der Waals surface area contributed by atoms with Crippen molar-refractivity contribution in [2.45, 2.75) is 82.6 Å². The number of nitrogens with one attached hydrogen (secondary N) is 1. The summed E-state index contributed by atoms with van der Waals surface area (Å²) >= 11 is 0. The highest BCUT2D eigenvalue weighted by atomic mass is 19.4. The van der Waals surface area contributed by atoms with Gasteiger partial charge in [0.1, 0.15) is 18.3 Å². The molecule has 1 amide bonds. The lowest BCUT2D eigenvalue weighted by atomic mass is 10.00. The molecule has 2 aliphatic heterocycles. The number of aliphatic hydroxyl groups excluding tert-OH is 2. The normalized spacial score (nSPS) is 23.1. The molecule has 0 aromatic carbocycles. The Hall–Kier alpha value is -2.16. The quantitative estimate of drug-likeness (QED) is 0.412. The molecule has 0 saturated carbocycles. The third kappa shape index (κ3) is 6.96. The van der Waals surface area contributed by atoms with Gasteiger partial charge in [0.2, 0.25) is 0 Å². The molecule has 0 aliphatic carbocycles. The van der Waals surface area contributed by atoms with Crippen molar-refractivity contribution in [3.63, 3.8) is 0 Å². The number of amides is 1. The maximum atomic E-state index is 13.8. The van der Waals surface area contributed by atoms with Gasteiger partial charge >= 0.3 is 12.3 Å². The predicted molar refractivity (Wildman–Crippen MR) is 113 cm³/mol. The van der Waals surface area contributed by atoms with Gasteiger partial charge in [-0.25, -0.2) is 23.5 Å². The van der Waals surface area contributed by atoms with E-state index in [1.54, 1.807) is 13.8 Å². The molecule has 3 heterocycles. The first-order valence-electron chi connectivity index (χ1n) is 11.3. The Kier molecular flexibility index (Phi) is 8.19. The lowest BCUT2D eigenvalue weighted by Crippen LogP contribution is -2.55. The van der Waals surface area contributed by atoms with E-state index >= 15 is 0 Å². The zero-order valence-corrected chi connectivity index (χ0v) is 19.4. The molecule has 2 unspecified atom stereocenters. The van der Waals surface area contributed by atoms with Crippen LogP contribution in [-0.4, -0.2) is 85.2 Å². The molecule has 35 heavy (non-hydrogen) atoms. The van der Waals surface area contributed by atoms with Crippen LogP contribution in [0, 0.1) is 0 Å². The Labute approximate surface area is 199 Å². The summed E-state index contributed by atoms with van der Waals surface area (Å²) in [5.41, 5.74) is -0.898. The first-order chi connectivity index (χ1) is 16.2. The van der Waals surface area contributed by atoms with Gasteiger partial charge in [0.25, 0.3) is 5.92 Å². The van der Waals surface area contributed by atoms with Crippen LogP contribution >= 0.6 is 0 Å². The average molecular weight is 511 g/mol. The van der Waals surface area contributed by atoms with E-state index in [0.717, 1.165) is 4.90 Å². The lowest BCUT2D eigenvalue weighted by molar-refractivity contribution is -0.142. The summed E-state index contributed by atoms with van der Waals surface area (Å²) in [7, 11) is 0. The van der Waals surface area contributed by atoms with Crippen LogP contribution in [0.4, 0.5) is 26.7 Å². The summed E-state index contributed by atoms with van der Waals surface area (Å²) in [6, 6.07) is -1.02. The van der Waals surface area contributed by atoms with Gasteiger partial charge in [-0.1, -0.05) is 13.8 Å². The number of hydrogen-bond donors (Lipinski definition) is 4. The Morgan fingerprint density at radius 3 is 2.57 bits per heavy atom. The van der Waals surface area contributed by atoms with E-state index in [9.17, 15) is 37.0 Å². The van der Waals surface area contributed by atoms with Gasteiger partial charge < -0.3 is 20.6 Å². The third-order valence-electron chi connectivity index (χ3n) is 6.22. The van der Waals surface area contributed by atoms with Crippen molar-refractivity contribution in [1.82, 2.24) is 25.1 Å². The molecule has 198 valence electrons. The number of halogens is 5. The van der Waals surface area contributed by atoms with Crippen LogP contribution in [0.3, 0.4) is 0 Å². The number of rotatable bonds is 7. The molecule has 1 saturated heterocycles. The summed E-state index contributed by atoms with van der Waals surface area (Å²) in [6.07, 6.45) is -9.56. The van der Waals surface area contributed by atoms with Crippen molar-refractivity contribution in [3.05, 3.63) is 22.8 Å². The fourth-order valence-electron chi connectivity index (χ4n) is 4.45. The van der Waals surface area contributed by atoms with Crippen molar-refractivity contribution in [1.29, 1.82) is 0 Å². The monoisotopic (exact) mass is 511 g/mol. The molecule has 0 spiro atoms. The van der Waals surface area contributed by atoms with E-state index in [0.29, 0.717) is 0 Å².